The monoisotopic (exact) mass is 263 g/mol. The normalized spacial score (nSPS) is 20.0. The third kappa shape index (κ3) is 3.96. The Morgan fingerprint density at radius 1 is 1.53 bits per heavy atom. The highest BCUT2D eigenvalue weighted by Crippen LogP contribution is 2.17. The second-order valence-electron chi connectivity index (χ2n) is 4.91. The quantitative estimate of drug-likeness (QED) is 0.884. The van der Waals surface area contributed by atoms with Crippen molar-refractivity contribution in [3.8, 4) is 5.75 Å². The van der Waals surface area contributed by atoms with Crippen LogP contribution < -0.4 is 10.1 Å². The molecule has 1 saturated heterocycles. The molecule has 2 rings (SSSR count). The highest BCUT2D eigenvalue weighted by molar-refractivity contribution is 5.80. The van der Waals surface area contributed by atoms with Crippen LogP contribution in [0.4, 0.5) is 0 Å². The van der Waals surface area contributed by atoms with Crippen molar-refractivity contribution in [1.82, 2.24) is 5.32 Å². The van der Waals surface area contributed by atoms with Crippen LogP contribution in [0.2, 0.25) is 0 Å². The number of rotatable bonds is 5. The predicted octanol–water partition coefficient (Wildman–Crippen LogP) is 2.06. The molecular weight excluding hydrogens is 242 g/mol. The van der Waals surface area contributed by atoms with E-state index in [1.54, 1.807) is 6.92 Å². The predicted molar refractivity (Wildman–Crippen MR) is 73.3 cm³/mol. The van der Waals surface area contributed by atoms with Crippen molar-refractivity contribution in [2.24, 2.45) is 0 Å². The van der Waals surface area contributed by atoms with Crippen LogP contribution in [0, 0.1) is 6.92 Å². The fourth-order valence-electron chi connectivity index (χ4n) is 2.10. The average Bonchev–Trinajstić information content (AvgIpc) is 2.91. The van der Waals surface area contributed by atoms with E-state index in [9.17, 15) is 4.79 Å². The molecule has 1 heterocycles. The first-order valence-electron chi connectivity index (χ1n) is 6.78. The summed E-state index contributed by atoms with van der Waals surface area (Å²) in [6.07, 6.45) is 1.76. The molecule has 0 unspecified atom stereocenters. The summed E-state index contributed by atoms with van der Waals surface area (Å²) in [6, 6.07) is 7.69. The fourth-order valence-corrected chi connectivity index (χ4v) is 2.10. The van der Waals surface area contributed by atoms with Gasteiger partial charge >= 0.3 is 0 Å². The summed E-state index contributed by atoms with van der Waals surface area (Å²) in [5.41, 5.74) is 1.03. The van der Waals surface area contributed by atoms with Crippen molar-refractivity contribution in [3.63, 3.8) is 0 Å². The lowest BCUT2D eigenvalue weighted by Crippen LogP contribution is -2.40. The number of hydrogen-bond acceptors (Lipinski definition) is 3. The summed E-state index contributed by atoms with van der Waals surface area (Å²) in [7, 11) is 0. The Kier molecular flexibility index (Phi) is 4.80. The number of nitrogens with one attached hydrogen (secondary N) is 1. The molecular formula is C15H21NO3. The number of hydrogen-bond donors (Lipinski definition) is 1. The van der Waals surface area contributed by atoms with E-state index in [0.717, 1.165) is 30.8 Å². The number of amides is 1. The van der Waals surface area contributed by atoms with Crippen LogP contribution in [-0.2, 0) is 9.53 Å². The number of aryl methyl sites for hydroxylation is 1. The van der Waals surface area contributed by atoms with Crippen LogP contribution in [0.15, 0.2) is 24.3 Å². The minimum atomic E-state index is -0.498. The minimum Gasteiger partial charge on any atom is -0.481 e. The van der Waals surface area contributed by atoms with Crippen LogP contribution in [0.25, 0.3) is 0 Å². The summed E-state index contributed by atoms with van der Waals surface area (Å²) in [6.45, 7) is 5.10. The maximum absolute atomic E-state index is 11.9. The molecule has 0 aliphatic carbocycles. The van der Waals surface area contributed by atoms with Crippen LogP contribution >= 0.6 is 0 Å². The molecule has 0 saturated carbocycles. The van der Waals surface area contributed by atoms with Crippen molar-refractivity contribution >= 4 is 5.91 Å². The summed E-state index contributed by atoms with van der Waals surface area (Å²) >= 11 is 0. The van der Waals surface area contributed by atoms with Gasteiger partial charge in [-0.1, -0.05) is 18.2 Å². The zero-order valence-electron chi connectivity index (χ0n) is 11.5. The molecule has 4 heteroatoms. The van der Waals surface area contributed by atoms with E-state index in [0.29, 0.717) is 6.54 Å². The lowest BCUT2D eigenvalue weighted by Gasteiger charge is -2.17. The summed E-state index contributed by atoms with van der Waals surface area (Å²) < 4.78 is 11.1. The van der Waals surface area contributed by atoms with Gasteiger partial charge in [-0.05, 0) is 38.3 Å². The average molecular weight is 263 g/mol. The van der Waals surface area contributed by atoms with E-state index in [4.69, 9.17) is 9.47 Å². The molecule has 4 nitrogen and oxygen atoms in total. The summed E-state index contributed by atoms with van der Waals surface area (Å²) in [5, 5.41) is 2.88. The zero-order chi connectivity index (χ0) is 13.7. The molecule has 1 aliphatic heterocycles. The number of para-hydroxylation sites is 1. The topological polar surface area (TPSA) is 47.6 Å². The minimum absolute atomic E-state index is 0.0984. The number of ether oxygens (including phenoxy) is 2. The second kappa shape index (κ2) is 6.57. The Morgan fingerprint density at radius 2 is 2.32 bits per heavy atom. The van der Waals surface area contributed by atoms with Gasteiger partial charge in [0.2, 0.25) is 0 Å². The summed E-state index contributed by atoms with van der Waals surface area (Å²) in [4.78, 5) is 11.9. The van der Waals surface area contributed by atoms with Gasteiger partial charge in [-0.15, -0.1) is 0 Å². The van der Waals surface area contributed by atoms with Crippen LogP contribution in [0.5, 0.6) is 5.75 Å². The Morgan fingerprint density at radius 3 is 3.00 bits per heavy atom. The largest absolute Gasteiger partial charge is 0.481 e. The Labute approximate surface area is 114 Å². The van der Waals surface area contributed by atoms with Crippen LogP contribution in [0.1, 0.15) is 25.3 Å². The van der Waals surface area contributed by atoms with Gasteiger partial charge in [-0.25, -0.2) is 0 Å². The highest BCUT2D eigenvalue weighted by Gasteiger charge is 2.19. The molecule has 1 amide bonds. The number of carbonyl (C=O) groups excluding carboxylic acids is 1. The molecule has 0 bridgehead atoms. The Balaban J connectivity index is 1.80. The van der Waals surface area contributed by atoms with E-state index in [-0.39, 0.29) is 12.0 Å². The Bertz CT molecular complexity index is 427. The third-order valence-corrected chi connectivity index (χ3v) is 3.29. The molecule has 1 aliphatic rings. The van der Waals surface area contributed by atoms with Crippen LogP contribution in [0.3, 0.4) is 0 Å². The highest BCUT2D eigenvalue weighted by atomic mass is 16.5. The van der Waals surface area contributed by atoms with Crippen molar-refractivity contribution in [3.05, 3.63) is 29.8 Å². The molecule has 0 spiro atoms. The van der Waals surface area contributed by atoms with Gasteiger partial charge in [0.1, 0.15) is 5.75 Å². The van der Waals surface area contributed by atoms with Gasteiger partial charge in [0.15, 0.2) is 6.10 Å². The molecule has 19 heavy (non-hydrogen) atoms. The van der Waals surface area contributed by atoms with Gasteiger partial charge in [-0.3, -0.25) is 4.79 Å². The van der Waals surface area contributed by atoms with E-state index >= 15 is 0 Å². The number of carbonyl (C=O) groups is 1. The molecule has 2 atom stereocenters. The van der Waals surface area contributed by atoms with E-state index in [1.807, 2.05) is 31.2 Å². The molecule has 104 valence electrons. The molecule has 1 aromatic carbocycles. The molecule has 0 radical (unpaired) electrons. The maximum atomic E-state index is 11.9. The molecule has 1 fully saturated rings. The van der Waals surface area contributed by atoms with Gasteiger partial charge in [0.25, 0.3) is 5.91 Å². The smallest absolute Gasteiger partial charge is 0.260 e. The lowest BCUT2D eigenvalue weighted by atomic mass is 10.2. The third-order valence-electron chi connectivity index (χ3n) is 3.29. The zero-order valence-corrected chi connectivity index (χ0v) is 11.5. The van der Waals surface area contributed by atoms with Crippen LogP contribution in [-0.4, -0.2) is 31.3 Å². The standard InChI is InChI=1S/C15H21NO3/c1-11-6-3-4-8-14(11)19-12(2)15(17)16-10-13-7-5-9-18-13/h3-4,6,8,12-13H,5,7,9-10H2,1-2H3,(H,16,17)/t12-,13-/m1/s1. The first-order chi connectivity index (χ1) is 9.16. The van der Waals surface area contributed by atoms with E-state index in [1.165, 1.54) is 0 Å². The van der Waals surface area contributed by atoms with E-state index in [2.05, 4.69) is 5.32 Å². The number of benzene rings is 1. The Hall–Kier alpha value is -1.55. The van der Waals surface area contributed by atoms with E-state index < -0.39 is 6.10 Å². The summed E-state index contributed by atoms with van der Waals surface area (Å²) in [5.74, 6) is 0.654. The molecule has 1 aromatic rings. The van der Waals surface area contributed by atoms with Crippen molar-refractivity contribution < 1.29 is 14.3 Å². The molecule has 1 N–H and O–H groups in total. The lowest BCUT2D eigenvalue weighted by molar-refractivity contribution is -0.127. The van der Waals surface area contributed by atoms with Gasteiger partial charge < -0.3 is 14.8 Å². The van der Waals surface area contributed by atoms with Gasteiger partial charge in [0.05, 0.1) is 6.10 Å². The molecule has 0 aromatic heterocycles. The van der Waals surface area contributed by atoms with Crippen molar-refractivity contribution in [1.29, 1.82) is 0 Å². The van der Waals surface area contributed by atoms with Crippen molar-refractivity contribution in [2.45, 2.75) is 38.9 Å². The first kappa shape index (κ1) is 13.9. The van der Waals surface area contributed by atoms with Gasteiger partial charge in [0, 0.05) is 13.2 Å². The second-order valence-corrected chi connectivity index (χ2v) is 4.91. The fraction of sp³-hybridized carbons (Fsp3) is 0.533. The SMILES string of the molecule is Cc1ccccc1O[C@H](C)C(=O)NC[C@H]1CCCO1. The van der Waals surface area contributed by atoms with Crippen molar-refractivity contribution in [2.75, 3.05) is 13.2 Å². The maximum Gasteiger partial charge on any atom is 0.260 e. The van der Waals surface area contributed by atoms with Gasteiger partial charge in [-0.2, -0.15) is 0 Å². The first-order valence-corrected chi connectivity index (χ1v) is 6.78.